The molecule has 0 aliphatic rings. The molecule has 3 aromatic rings. The molecule has 4 nitrogen and oxygen atoms in total. The van der Waals surface area contributed by atoms with Crippen LogP contribution in [-0.4, -0.2) is 11.7 Å². The normalized spacial score (nSPS) is 10.5. The highest BCUT2D eigenvalue weighted by Crippen LogP contribution is 2.37. The first-order valence-electron chi connectivity index (χ1n) is 8.90. The van der Waals surface area contributed by atoms with Crippen molar-refractivity contribution in [3.63, 3.8) is 0 Å². The van der Waals surface area contributed by atoms with E-state index in [1.54, 1.807) is 12.1 Å². The van der Waals surface area contributed by atoms with Crippen LogP contribution in [0.4, 0.5) is 5.69 Å². The van der Waals surface area contributed by atoms with Crippen LogP contribution in [0.25, 0.3) is 0 Å². The van der Waals surface area contributed by atoms with Crippen molar-refractivity contribution in [2.75, 3.05) is 11.9 Å². The summed E-state index contributed by atoms with van der Waals surface area (Å²) in [5.74, 6) is 1.34. The van der Waals surface area contributed by atoms with Gasteiger partial charge in [-0.3, -0.25) is 0 Å². The molecule has 0 saturated heterocycles. The highest BCUT2D eigenvalue weighted by Gasteiger charge is 2.13. The molecule has 28 heavy (non-hydrogen) atoms. The number of ether oxygens (including phenoxy) is 2. The molecule has 0 aromatic heterocycles. The van der Waals surface area contributed by atoms with Crippen LogP contribution in [0.15, 0.2) is 60.7 Å². The molecule has 0 radical (unpaired) electrons. The average Bonchev–Trinajstić information content (AvgIpc) is 2.67. The highest BCUT2D eigenvalue weighted by molar-refractivity contribution is 6.32. The Morgan fingerprint density at radius 1 is 0.929 bits per heavy atom. The molecular weight excluding hydrogens is 397 g/mol. The number of aromatic hydroxyl groups is 1. The van der Waals surface area contributed by atoms with Crippen LogP contribution in [-0.2, 0) is 13.2 Å². The van der Waals surface area contributed by atoms with Crippen LogP contribution >= 0.6 is 23.2 Å². The third-order valence-electron chi connectivity index (χ3n) is 4.01. The van der Waals surface area contributed by atoms with Crippen molar-refractivity contribution >= 4 is 28.9 Å². The predicted molar refractivity (Wildman–Crippen MR) is 114 cm³/mol. The van der Waals surface area contributed by atoms with Gasteiger partial charge in [-0.15, -0.1) is 0 Å². The molecule has 0 aliphatic heterocycles. The summed E-state index contributed by atoms with van der Waals surface area (Å²) in [6, 6.07) is 18.1. The molecule has 0 saturated carbocycles. The van der Waals surface area contributed by atoms with Crippen LogP contribution in [0.2, 0.25) is 10.0 Å². The van der Waals surface area contributed by atoms with Gasteiger partial charge in [0.05, 0.1) is 11.6 Å². The molecule has 2 N–H and O–H groups in total. The summed E-state index contributed by atoms with van der Waals surface area (Å²) in [4.78, 5) is 0. The zero-order chi connectivity index (χ0) is 19.9. The topological polar surface area (TPSA) is 50.7 Å². The zero-order valence-electron chi connectivity index (χ0n) is 15.4. The fraction of sp³-hybridized carbons (Fsp3) is 0.182. The Morgan fingerprint density at radius 2 is 1.71 bits per heavy atom. The second kappa shape index (κ2) is 9.58. The molecule has 0 atom stereocenters. The summed E-state index contributed by atoms with van der Waals surface area (Å²) in [6.45, 7) is 3.30. The van der Waals surface area contributed by atoms with Gasteiger partial charge in [-0.05, 0) is 66.6 Å². The largest absolute Gasteiger partial charge is 0.508 e. The number of halogens is 2. The molecule has 0 bridgehead atoms. The molecule has 146 valence electrons. The highest BCUT2D eigenvalue weighted by atomic mass is 35.5. The minimum absolute atomic E-state index is 0.230. The summed E-state index contributed by atoms with van der Waals surface area (Å²) in [5, 5.41) is 13.8. The quantitative estimate of drug-likeness (QED) is 0.422. The summed E-state index contributed by atoms with van der Waals surface area (Å²) in [6.07, 6.45) is 0. The number of nitrogens with one attached hydrogen (secondary N) is 1. The van der Waals surface area contributed by atoms with E-state index in [0.29, 0.717) is 41.3 Å². The van der Waals surface area contributed by atoms with Crippen molar-refractivity contribution < 1.29 is 14.6 Å². The first kappa shape index (κ1) is 20.2. The van der Waals surface area contributed by atoms with E-state index in [0.717, 1.165) is 16.8 Å². The molecule has 3 rings (SSSR count). The van der Waals surface area contributed by atoms with Gasteiger partial charge < -0.3 is 19.9 Å². The fourth-order valence-corrected chi connectivity index (χ4v) is 3.19. The molecule has 3 aromatic carbocycles. The van der Waals surface area contributed by atoms with Gasteiger partial charge in [0.2, 0.25) is 0 Å². The van der Waals surface area contributed by atoms with E-state index in [4.69, 9.17) is 32.7 Å². The molecule has 0 spiro atoms. The van der Waals surface area contributed by atoms with Crippen LogP contribution in [0.3, 0.4) is 0 Å². The minimum atomic E-state index is 0.230. The Kier molecular flexibility index (Phi) is 6.90. The number of hydrogen-bond acceptors (Lipinski definition) is 4. The minimum Gasteiger partial charge on any atom is -0.508 e. The SMILES string of the molecule is CCOc1cc(CNc2ccc(O)cc2)cc(Cl)c1OCc1cccc(Cl)c1. The van der Waals surface area contributed by atoms with E-state index in [1.165, 1.54) is 0 Å². The van der Waals surface area contributed by atoms with Gasteiger partial charge in [0, 0.05) is 17.3 Å². The van der Waals surface area contributed by atoms with Crippen LogP contribution in [0.1, 0.15) is 18.1 Å². The van der Waals surface area contributed by atoms with Gasteiger partial charge in [-0.1, -0.05) is 35.3 Å². The van der Waals surface area contributed by atoms with Gasteiger partial charge in [0.25, 0.3) is 0 Å². The van der Waals surface area contributed by atoms with E-state index in [1.807, 2.05) is 55.5 Å². The molecular formula is C22H21Cl2NO3. The first-order chi connectivity index (χ1) is 13.5. The maximum absolute atomic E-state index is 9.37. The van der Waals surface area contributed by atoms with Gasteiger partial charge in [0.1, 0.15) is 12.4 Å². The number of benzene rings is 3. The third kappa shape index (κ3) is 5.47. The Labute approximate surface area is 174 Å². The molecule has 0 heterocycles. The third-order valence-corrected chi connectivity index (χ3v) is 4.52. The Balaban J connectivity index is 1.74. The van der Waals surface area contributed by atoms with Gasteiger partial charge >= 0.3 is 0 Å². The van der Waals surface area contributed by atoms with Crippen molar-refractivity contribution in [1.82, 2.24) is 0 Å². The van der Waals surface area contributed by atoms with Crippen LogP contribution < -0.4 is 14.8 Å². The molecule has 0 fully saturated rings. The molecule has 0 amide bonds. The lowest BCUT2D eigenvalue weighted by Gasteiger charge is -2.16. The predicted octanol–water partition coefficient (Wildman–Crippen LogP) is 6.29. The number of phenolic OH excluding ortho intramolecular Hbond substituents is 1. The van der Waals surface area contributed by atoms with Gasteiger partial charge in [-0.2, -0.15) is 0 Å². The Hall–Kier alpha value is -2.56. The lowest BCUT2D eigenvalue weighted by molar-refractivity contribution is 0.269. The summed E-state index contributed by atoms with van der Waals surface area (Å²) in [5.41, 5.74) is 2.80. The summed E-state index contributed by atoms with van der Waals surface area (Å²) in [7, 11) is 0. The monoisotopic (exact) mass is 417 g/mol. The standard InChI is InChI=1S/C22H21Cl2NO3/c1-2-27-21-12-16(13-25-18-6-8-19(26)9-7-18)11-20(24)22(21)28-14-15-4-3-5-17(23)10-15/h3-12,25-26H,2,13-14H2,1H3. The van der Waals surface area contributed by atoms with Crippen molar-refractivity contribution in [3.8, 4) is 17.2 Å². The number of phenols is 1. The van der Waals surface area contributed by atoms with Crippen LogP contribution in [0.5, 0.6) is 17.2 Å². The zero-order valence-corrected chi connectivity index (χ0v) is 16.9. The maximum atomic E-state index is 9.37. The Bertz CT molecular complexity index is 930. The van der Waals surface area contributed by atoms with Gasteiger partial charge in [-0.25, -0.2) is 0 Å². The number of anilines is 1. The van der Waals surface area contributed by atoms with Crippen molar-refractivity contribution in [3.05, 3.63) is 81.8 Å². The van der Waals surface area contributed by atoms with Crippen molar-refractivity contribution in [2.45, 2.75) is 20.1 Å². The van der Waals surface area contributed by atoms with Crippen molar-refractivity contribution in [1.29, 1.82) is 0 Å². The smallest absolute Gasteiger partial charge is 0.180 e. The number of hydrogen-bond donors (Lipinski definition) is 2. The van der Waals surface area contributed by atoms with Gasteiger partial charge in [0.15, 0.2) is 11.5 Å². The second-order valence-corrected chi connectivity index (χ2v) is 7.00. The maximum Gasteiger partial charge on any atom is 0.180 e. The van der Waals surface area contributed by atoms with E-state index in [2.05, 4.69) is 5.32 Å². The lowest BCUT2D eigenvalue weighted by Crippen LogP contribution is -2.04. The van der Waals surface area contributed by atoms with Crippen LogP contribution in [0, 0.1) is 0 Å². The van der Waals surface area contributed by atoms with Crippen molar-refractivity contribution in [2.24, 2.45) is 0 Å². The van der Waals surface area contributed by atoms with E-state index < -0.39 is 0 Å². The molecule has 0 unspecified atom stereocenters. The first-order valence-corrected chi connectivity index (χ1v) is 9.66. The average molecular weight is 418 g/mol. The molecule has 0 aliphatic carbocycles. The van der Waals surface area contributed by atoms with E-state index >= 15 is 0 Å². The summed E-state index contributed by atoms with van der Waals surface area (Å²) < 4.78 is 11.7. The summed E-state index contributed by atoms with van der Waals surface area (Å²) >= 11 is 12.5. The van der Waals surface area contributed by atoms with E-state index in [-0.39, 0.29) is 5.75 Å². The second-order valence-electron chi connectivity index (χ2n) is 6.16. The number of rotatable bonds is 8. The lowest BCUT2D eigenvalue weighted by atomic mass is 10.2. The molecule has 6 heteroatoms. The van der Waals surface area contributed by atoms with E-state index in [9.17, 15) is 5.11 Å². The fourth-order valence-electron chi connectivity index (χ4n) is 2.69. The Morgan fingerprint density at radius 3 is 2.43 bits per heavy atom.